The van der Waals surface area contributed by atoms with E-state index in [1.165, 1.54) is 24.3 Å². The third-order valence-electron chi connectivity index (χ3n) is 2.49. The molecule has 1 aromatic rings. The summed E-state index contributed by atoms with van der Waals surface area (Å²) in [6.45, 7) is 0. The number of carbonyl (C=O) groups is 1. The van der Waals surface area contributed by atoms with Crippen LogP contribution in [0.5, 0.6) is 5.75 Å². The predicted octanol–water partition coefficient (Wildman–Crippen LogP) is 3.61. The SMILES string of the molecule is O=C(O)C1=C(Cl)c2ccccc2OC1(Cl)C(F)(F)F. The Morgan fingerprint density at radius 2 is 1.89 bits per heavy atom. The van der Waals surface area contributed by atoms with E-state index in [0.29, 0.717) is 0 Å². The molecule has 1 unspecified atom stereocenters. The summed E-state index contributed by atoms with van der Waals surface area (Å²) in [5, 5.41) is 4.82. The largest absolute Gasteiger partial charge is 0.478 e. The Kier molecular flexibility index (Phi) is 3.18. The molecule has 0 aromatic heterocycles. The van der Waals surface area contributed by atoms with Crippen molar-refractivity contribution in [1.29, 1.82) is 0 Å². The fraction of sp³-hybridized carbons (Fsp3) is 0.182. The quantitative estimate of drug-likeness (QED) is 0.806. The first-order valence-electron chi connectivity index (χ1n) is 4.86. The molecular formula is C11H5Cl2F3O3. The van der Waals surface area contributed by atoms with Gasteiger partial charge >= 0.3 is 17.2 Å². The summed E-state index contributed by atoms with van der Waals surface area (Å²) >= 11 is 11.1. The van der Waals surface area contributed by atoms with E-state index in [2.05, 4.69) is 4.74 Å². The maximum atomic E-state index is 13.0. The minimum atomic E-state index is -5.14. The first kappa shape index (κ1) is 14.0. The molecule has 1 aliphatic rings. The highest BCUT2D eigenvalue weighted by atomic mass is 35.5. The van der Waals surface area contributed by atoms with Crippen molar-refractivity contribution in [3.63, 3.8) is 0 Å². The van der Waals surface area contributed by atoms with Gasteiger partial charge in [-0.25, -0.2) is 4.79 Å². The Morgan fingerprint density at radius 1 is 1.32 bits per heavy atom. The lowest BCUT2D eigenvalue weighted by atomic mass is 10.0. The second-order valence-electron chi connectivity index (χ2n) is 3.69. The van der Waals surface area contributed by atoms with Gasteiger partial charge in [0.15, 0.2) is 0 Å². The third kappa shape index (κ3) is 2.04. The van der Waals surface area contributed by atoms with Gasteiger partial charge in [-0.05, 0) is 12.1 Å². The van der Waals surface area contributed by atoms with E-state index in [-0.39, 0.29) is 11.3 Å². The molecule has 0 aliphatic carbocycles. The maximum Gasteiger partial charge on any atom is 0.448 e. The van der Waals surface area contributed by atoms with Crippen LogP contribution in [0.25, 0.3) is 5.03 Å². The van der Waals surface area contributed by atoms with Crippen LogP contribution < -0.4 is 4.74 Å². The lowest BCUT2D eigenvalue weighted by Gasteiger charge is -2.35. The highest BCUT2D eigenvalue weighted by Crippen LogP contribution is 2.51. The monoisotopic (exact) mass is 312 g/mol. The topological polar surface area (TPSA) is 46.5 Å². The molecule has 2 rings (SSSR count). The Hall–Kier alpha value is -1.40. The van der Waals surface area contributed by atoms with Gasteiger partial charge in [0.25, 0.3) is 0 Å². The van der Waals surface area contributed by atoms with Crippen LogP contribution >= 0.6 is 23.2 Å². The van der Waals surface area contributed by atoms with Crippen molar-refractivity contribution in [1.82, 2.24) is 0 Å². The molecule has 1 aliphatic heterocycles. The summed E-state index contributed by atoms with van der Waals surface area (Å²) in [4.78, 5) is 11.0. The smallest absolute Gasteiger partial charge is 0.448 e. The van der Waals surface area contributed by atoms with Gasteiger partial charge in [0, 0.05) is 5.56 Å². The van der Waals surface area contributed by atoms with Crippen LogP contribution in [0.4, 0.5) is 13.2 Å². The number of hydrogen-bond donors (Lipinski definition) is 1. The van der Waals surface area contributed by atoms with Crippen LogP contribution in [-0.2, 0) is 4.79 Å². The highest BCUT2D eigenvalue weighted by Gasteiger charge is 2.63. The molecule has 19 heavy (non-hydrogen) atoms. The molecule has 0 saturated heterocycles. The molecule has 0 amide bonds. The van der Waals surface area contributed by atoms with Gasteiger partial charge in [-0.1, -0.05) is 35.3 Å². The molecule has 3 nitrogen and oxygen atoms in total. The van der Waals surface area contributed by atoms with E-state index in [1.807, 2.05) is 0 Å². The second-order valence-corrected chi connectivity index (χ2v) is 4.60. The summed E-state index contributed by atoms with van der Waals surface area (Å²) in [5.74, 6) is -2.13. The standard InChI is InChI=1S/C11H5Cl2F3O3/c12-8-5-3-1-2-4-6(5)19-10(13,11(14,15)16)7(8)9(17)18/h1-4H,(H,17,18). The Morgan fingerprint density at radius 3 is 2.42 bits per heavy atom. The zero-order valence-corrected chi connectivity index (χ0v) is 10.5. The number of rotatable bonds is 1. The van der Waals surface area contributed by atoms with Crippen LogP contribution in [0.15, 0.2) is 29.8 Å². The molecule has 0 bridgehead atoms. The number of ether oxygens (including phenoxy) is 1. The molecule has 0 fully saturated rings. The van der Waals surface area contributed by atoms with Crippen molar-refractivity contribution in [2.24, 2.45) is 0 Å². The number of hydrogen-bond acceptors (Lipinski definition) is 2. The molecule has 1 aromatic carbocycles. The fourth-order valence-corrected chi connectivity index (χ4v) is 2.32. The molecular weight excluding hydrogens is 308 g/mol. The van der Waals surface area contributed by atoms with Crippen LogP contribution in [0, 0.1) is 0 Å². The van der Waals surface area contributed by atoms with Gasteiger partial charge in [0.2, 0.25) is 0 Å². The summed E-state index contributed by atoms with van der Waals surface area (Å²) in [7, 11) is 0. The van der Waals surface area contributed by atoms with Crippen LogP contribution in [0.3, 0.4) is 0 Å². The number of aliphatic carboxylic acids is 1. The van der Waals surface area contributed by atoms with Crippen molar-refractivity contribution >= 4 is 34.2 Å². The molecule has 1 N–H and O–H groups in total. The lowest BCUT2D eigenvalue weighted by Crippen LogP contribution is -2.50. The number of fused-ring (bicyclic) bond motifs is 1. The van der Waals surface area contributed by atoms with E-state index in [0.717, 1.165) is 0 Å². The van der Waals surface area contributed by atoms with Crippen molar-refractivity contribution < 1.29 is 27.8 Å². The van der Waals surface area contributed by atoms with E-state index >= 15 is 0 Å². The van der Waals surface area contributed by atoms with Crippen LogP contribution in [0.1, 0.15) is 5.56 Å². The van der Waals surface area contributed by atoms with Gasteiger partial charge < -0.3 is 9.84 Å². The van der Waals surface area contributed by atoms with Crippen LogP contribution in [0.2, 0.25) is 0 Å². The zero-order valence-electron chi connectivity index (χ0n) is 8.96. The van der Waals surface area contributed by atoms with E-state index < -0.39 is 27.8 Å². The van der Waals surface area contributed by atoms with Crippen molar-refractivity contribution in [2.75, 3.05) is 0 Å². The van der Waals surface area contributed by atoms with Gasteiger partial charge in [-0.15, -0.1) is 0 Å². The molecule has 102 valence electrons. The molecule has 0 radical (unpaired) electrons. The average molecular weight is 313 g/mol. The Bertz CT molecular complexity index is 583. The van der Waals surface area contributed by atoms with E-state index in [9.17, 15) is 18.0 Å². The summed E-state index contributed by atoms with van der Waals surface area (Å²) in [6, 6.07) is 5.47. The van der Waals surface area contributed by atoms with Crippen molar-refractivity contribution in [3.05, 3.63) is 35.4 Å². The van der Waals surface area contributed by atoms with Gasteiger partial charge in [-0.2, -0.15) is 13.2 Å². The molecule has 1 atom stereocenters. The molecule has 0 saturated carbocycles. The van der Waals surface area contributed by atoms with Crippen molar-refractivity contribution in [2.45, 2.75) is 11.2 Å². The number of para-hydroxylation sites is 1. The van der Waals surface area contributed by atoms with Gasteiger partial charge in [-0.3, -0.25) is 0 Å². The number of alkyl halides is 4. The normalized spacial score (nSPS) is 22.8. The molecule has 0 spiro atoms. The van der Waals surface area contributed by atoms with Crippen molar-refractivity contribution in [3.8, 4) is 5.75 Å². The highest BCUT2D eigenvalue weighted by molar-refractivity contribution is 6.52. The van der Waals surface area contributed by atoms with Gasteiger partial charge in [0.1, 0.15) is 11.3 Å². The maximum absolute atomic E-state index is 13.0. The second kappa shape index (κ2) is 4.31. The van der Waals surface area contributed by atoms with Crippen LogP contribution in [-0.4, -0.2) is 22.3 Å². The minimum Gasteiger partial charge on any atom is -0.478 e. The summed E-state index contributed by atoms with van der Waals surface area (Å²) in [5.41, 5.74) is -1.20. The van der Waals surface area contributed by atoms with Gasteiger partial charge in [0.05, 0.1) is 5.03 Å². The van der Waals surface area contributed by atoms with E-state index in [1.54, 1.807) is 0 Å². The first-order valence-corrected chi connectivity index (χ1v) is 5.61. The summed E-state index contributed by atoms with van der Waals surface area (Å²) < 4.78 is 43.6. The zero-order chi connectivity index (χ0) is 14.4. The Labute approximate surface area is 115 Å². The summed E-state index contributed by atoms with van der Waals surface area (Å²) in [6.07, 6.45) is -5.14. The predicted molar refractivity (Wildman–Crippen MR) is 62.1 cm³/mol. The average Bonchev–Trinajstić information content (AvgIpc) is 2.27. The van der Waals surface area contributed by atoms with E-state index in [4.69, 9.17) is 28.3 Å². The number of benzene rings is 1. The minimum absolute atomic E-state index is 0.0436. The number of carboxylic acids is 1. The molecule has 8 heteroatoms. The third-order valence-corrected chi connectivity index (χ3v) is 3.37. The first-order chi connectivity index (χ1) is 8.68. The number of carboxylic acid groups (broad SMARTS) is 1. The Balaban J connectivity index is 2.76. The molecule has 1 heterocycles. The number of halogens is 5. The fourth-order valence-electron chi connectivity index (χ4n) is 1.65. The lowest BCUT2D eigenvalue weighted by molar-refractivity contribution is -0.204.